The summed E-state index contributed by atoms with van der Waals surface area (Å²) in [5.74, 6) is -3.24. The van der Waals surface area contributed by atoms with Crippen LogP contribution < -0.4 is 9.64 Å². The molecule has 0 spiro atoms. The van der Waals surface area contributed by atoms with Crippen LogP contribution in [0.5, 0.6) is 6.01 Å². The fourth-order valence-electron chi connectivity index (χ4n) is 6.82. The lowest BCUT2D eigenvalue weighted by atomic mass is 9.85. The number of carbonyl (C=O) groups excluding carboxylic acids is 1. The van der Waals surface area contributed by atoms with Crippen LogP contribution in [0.3, 0.4) is 0 Å². The molecule has 0 bridgehead atoms. The van der Waals surface area contributed by atoms with Crippen molar-refractivity contribution in [3.8, 4) is 17.1 Å². The number of aryl methyl sites for hydroxylation is 1. The number of aromatic nitrogens is 2. The predicted molar refractivity (Wildman–Crippen MR) is 162 cm³/mol. The number of carbonyl (C=O) groups is 1. The van der Waals surface area contributed by atoms with Crippen LogP contribution in [0.1, 0.15) is 36.8 Å². The molecule has 0 unspecified atom stereocenters. The average Bonchev–Trinajstić information content (AvgIpc) is 3.44. The van der Waals surface area contributed by atoms with Gasteiger partial charge in [0.1, 0.15) is 29.8 Å². The zero-order chi connectivity index (χ0) is 31.0. The highest BCUT2D eigenvalue weighted by Crippen LogP contribution is 2.39. The second-order valence-electron chi connectivity index (χ2n) is 11.9. The molecule has 1 amide bonds. The molecule has 2 atom stereocenters. The number of fused-ring (bicyclic) bond motifs is 2. The first-order valence-corrected chi connectivity index (χ1v) is 15.1. The van der Waals surface area contributed by atoms with Crippen molar-refractivity contribution in [2.75, 3.05) is 51.3 Å². The van der Waals surface area contributed by atoms with Crippen molar-refractivity contribution in [2.24, 2.45) is 0 Å². The third-order valence-electron chi connectivity index (χ3n) is 9.16. The summed E-state index contributed by atoms with van der Waals surface area (Å²) in [6.07, 6.45) is 5.61. The lowest BCUT2D eigenvalue weighted by Gasteiger charge is -2.39. The van der Waals surface area contributed by atoms with Gasteiger partial charge in [0, 0.05) is 31.1 Å². The van der Waals surface area contributed by atoms with Gasteiger partial charge in [-0.2, -0.15) is 9.97 Å². The molecular weight excluding hydrogens is 569 g/mol. The Morgan fingerprint density at radius 3 is 2.70 bits per heavy atom. The van der Waals surface area contributed by atoms with Gasteiger partial charge in [0.15, 0.2) is 11.6 Å². The van der Waals surface area contributed by atoms with Crippen molar-refractivity contribution >= 4 is 22.6 Å². The van der Waals surface area contributed by atoms with Gasteiger partial charge in [-0.3, -0.25) is 4.79 Å². The van der Waals surface area contributed by atoms with E-state index in [-0.39, 0.29) is 60.5 Å². The Balaban J connectivity index is 1.45. The Morgan fingerprint density at radius 1 is 1.14 bits per heavy atom. The van der Waals surface area contributed by atoms with E-state index in [1.165, 1.54) is 11.0 Å². The summed E-state index contributed by atoms with van der Waals surface area (Å²) in [7, 11) is 2.02. The topological polar surface area (TPSA) is 66.2 Å². The smallest absolute Gasteiger partial charge is 0.319 e. The van der Waals surface area contributed by atoms with Gasteiger partial charge in [-0.1, -0.05) is 24.8 Å². The summed E-state index contributed by atoms with van der Waals surface area (Å²) < 4.78 is 52.5. The normalized spacial score (nSPS) is 20.4. The summed E-state index contributed by atoms with van der Waals surface area (Å²) in [5, 5.41) is 0.162. The first-order valence-electron chi connectivity index (χ1n) is 15.1. The van der Waals surface area contributed by atoms with Gasteiger partial charge in [-0.05, 0) is 74.9 Å². The molecule has 230 valence electrons. The van der Waals surface area contributed by atoms with Crippen LogP contribution in [0.15, 0.2) is 36.7 Å². The molecule has 2 saturated heterocycles. The van der Waals surface area contributed by atoms with Crippen molar-refractivity contribution in [3.63, 3.8) is 0 Å². The Morgan fingerprint density at radius 2 is 1.95 bits per heavy atom. The number of amides is 1. The summed E-state index contributed by atoms with van der Waals surface area (Å²) in [5.41, 5.74) is 2.42. The van der Waals surface area contributed by atoms with Gasteiger partial charge < -0.3 is 24.3 Å². The lowest BCUT2D eigenvalue weighted by molar-refractivity contribution is -0.131. The molecule has 2 fully saturated rings. The quantitative estimate of drug-likeness (QED) is 0.268. The van der Waals surface area contributed by atoms with Crippen LogP contribution in [-0.2, 0) is 17.6 Å². The molecule has 2 aromatic carbocycles. The maximum Gasteiger partial charge on any atom is 0.319 e. The largest absolute Gasteiger partial charge is 0.462 e. The second-order valence-corrected chi connectivity index (χ2v) is 11.9. The number of likely N-dealkylation sites (tertiary alicyclic amines) is 1. The summed E-state index contributed by atoms with van der Waals surface area (Å²) in [6.45, 7) is 12.1. The fourth-order valence-corrected chi connectivity index (χ4v) is 6.82. The van der Waals surface area contributed by atoms with Crippen LogP contribution in [0, 0.1) is 18.2 Å². The highest BCUT2D eigenvalue weighted by Gasteiger charge is 2.36. The zero-order valence-corrected chi connectivity index (χ0v) is 24.8. The van der Waals surface area contributed by atoms with Crippen LogP contribution >= 0.6 is 0 Å². The molecular formula is C33H35F3N6O2. The fraction of sp³-hybridized carbons (Fsp3) is 0.455. The van der Waals surface area contributed by atoms with E-state index in [2.05, 4.69) is 26.3 Å². The van der Waals surface area contributed by atoms with Crippen LogP contribution in [0.2, 0.25) is 0 Å². The van der Waals surface area contributed by atoms with E-state index < -0.39 is 29.4 Å². The number of likely N-dealkylation sites (N-methyl/N-ethyl adjacent to an activating group) is 1. The summed E-state index contributed by atoms with van der Waals surface area (Å²) >= 11 is 0. The number of hydrogen-bond acceptors (Lipinski definition) is 6. The number of anilines is 1. The SMILES string of the molecule is [C-]#[N+]C[C@H]1CN(c2nc(OC[C@@H]3CCCN3C)nc3c(F)c(-c4cccc5c4CCCC5)c(F)cc23)CCN1C(=O)C(=C)F. The van der Waals surface area contributed by atoms with Gasteiger partial charge >= 0.3 is 6.01 Å². The van der Waals surface area contributed by atoms with Gasteiger partial charge in [-0.15, -0.1) is 0 Å². The Bertz CT molecular complexity index is 1660. The monoisotopic (exact) mass is 604 g/mol. The van der Waals surface area contributed by atoms with E-state index in [9.17, 15) is 9.18 Å². The van der Waals surface area contributed by atoms with Crippen LogP contribution in [0.4, 0.5) is 19.0 Å². The number of benzene rings is 2. The molecule has 3 aromatic rings. The molecule has 3 heterocycles. The van der Waals surface area contributed by atoms with Crippen molar-refractivity contribution in [2.45, 2.75) is 50.6 Å². The Hall–Kier alpha value is -4.17. The lowest BCUT2D eigenvalue weighted by Crippen LogP contribution is -2.56. The number of halogens is 3. The van der Waals surface area contributed by atoms with Crippen LogP contribution in [0.25, 0.3) is 26.9 Å². The van der Waals surface area contributed by atoms with Gasteiger partial charge in [0.2, 0.25) is 6.54 Å². The van der Waals surface area contributed by atoms with E-state index in [1.807, 2.05) is 19.2 Å². The highest BCUT2D eigenvalue weighted by molar-refractivity contribution is 5.95. The Labute approximate surface area is 254 Å². The number of hydrogen-bond donors (Lipinski definition) is 0. The molecule has 44 heavy (non-hydrogen) atoms. The standard InChI is InChI=1S/C33H35F3N6O2/c1-20(34)32(43)42-15-14-41(18-23(42)17-37-2)31-26-16-27(35)28(25-12-6-9-21-8-4-5-11-24(21)25)29(36)30(26)38-33(39-31)44-19-22-10-7-13-40(22)3/h6,9,12,16,22-23H,1,4-5,7-8,10-11,13-15,17-19H2,3H3/t22-,23-/m0/s1. The van der Waals surface area contributed by atoms with Crippen molar-refractivity contribution < 1.29 is 22.7 Å². The van der Waals surface area contributed by atoms with Gasteiger partial charge in [0.05, 0.1) is 5.56 Å². The predicted octanol–water partition coefficient (Wildman–Crippen LogP) is 5.35. The van der Waals surface area contributed by atoms with E-state index in [1.54, 1.807) is 11.0 Å². The summed E-state index contributed by atoms with van der Waals surface area (Å²) in [6, 6.07) is 6.34. The average molecular weight is 605 g/mol. The highest BCUT2D eigenvalue weighted by atomic mass is 19.1. The van der Waals surface area contributed by atoms with Crippen LogP contribution in [-0.4, -0.2) is 84.1 Å². The first kappa shape index (κ1) is 29.9. The molecule has 8 nitrogen and oxygen atoms in total. The minimum absolute atomic E-state index is 0.0308. The molecule has 6 rings (SSSR count). The number of ether oxygens (including phenoxy) is 1. The number of nitrogens with zero attached hydrogens (tertiary/aromatic N) is 6. The number of piperazine rings is 1. The minimum atomic E-state index is -1.10. The third-order valence-corrected chi connectivity index (χ3v) is 9.16. The minimum Gasteiger partial charge on any atom is -0.462 e. The maximum atomic E-state index is 16.6. The molecule has 3 aliphatic rings. The number of rotatable bonds is 7. The van der Waals surface area contributed by atoms with E-state index in [4.69, 9.17) is 11.3 Å². The maximum absolute atomic E-state index is 16.6. The summed E-state index contributed by atoms with van der Waals surface area (Å²) in [4.78, 5) is 30.3. The third kappa shape index (κ3) is 5.59. The first-order chi connectivity index (χ1) is 21.3. The van der Waals surface area contributed by atoms with Crippen molar-refractivity contribution in [1.82, 2.24) is 19.8 Å². The molecule has 2 aliphatic heterocycles. The Kier molecular flexibility index (Phi) is 8.45. The molecule has 0 saturated carbocycles. The van der Waals surface area contributed by atoms with E-state index in [0.29, 0.717) is 12.2 Å². The van der Waals surface area contributed by atoms with Gasteiger partial charge in [0.25, 0.3) is 5.91 Å². The molecule has 0 N–H and O–H groups in total. The van der Waals surface area contributed by atoms with Crippen molar-refractivity contribution in [1.29, 1.82) is 0 Å². The molecule has 11 heteroatoms. The molecule has 0 radical (unpaired) electrons. The second kappa shape index (κ2) is 12.4. The van der Waals surface area contributed by atoms with Crippen molar-refractivity contribution in [3.05, 3.63) is 70.8 Å². The molecule has 1 aromatic heterocycles. The van der Waals surface area contributed by atoms with E-state index in [0.717, 1.165) is 56.2 Å². The zero-order valence-electron chi connectivity index (χ0n) is 24.8. The van der Waals surface area contributed by atoms with E-state index >= 15 is 8.78 Å². The van der Waals surface area contributed by atoms with Gasteiger partial charge in [-0.25, -0.2) is 19.7 Å². The molecule has 1 aliphatic carbocycles.